The first-order chi connectivity index (χ1) is 7.54. The maximum Gasteiger partial charge on any atom is 0.134 e. The van der Waals surface area contributed by atoms with Gasteiger partial charge in [0, 0.05) is 18.2 Å². The molecule has 0 aliphatic rings. The summed E-state index contributed by atoms with van der Waals surface area (Å²) in [6, 6.07) is 6.04. The van der Waals surface area contributed by atoms with E-state index in [4.69, 9.17) is 5.26 Å². The molecule has 0 spiro atoms. The van der Waals surface area contributed by atoms with Gasteiger partial charge >= 0.3 is 0 Å². The number of aromatic hydroxyl groups is 1. The van der Waals surface area contributed by atoms with E-state index in [0.717, 1.165) is 11.1 Å². The molecule has 0 amide bonds. The van der Waals surface area contributed by atoms with Crippen LogP contribution in [0.25, 0.3) is 0 Å². The van der Waals surface area contributed by atoms with Gasteiger partial charge in [-0.25, -0.2) is 0 Å². The second-order valence-corrected chi connectivity index (χ2v) is 4.75. The molecular formula is C12H15BrN2O. The first-order valence-electron chi connectivity index (χ1n) is 5.13. The van der Waals surface area contributed by atoms with Crippen molar-refractivity contribution in [2.45, 2.75) is 32.9 Å². The average Bonchev–Trinajstić information content (AvgIpc) is 2.21. The summed E-state index contributed by atoms with van der Waals surface area (Å²) in [6.07, 6.45) is 0.466. The Morgan fingerprint density at radius 2 is 2.25 bits per heavy atom. The number of rotatable bonds is 4. The Bertz CT molecular complexity index is 412. The zero-order valence-corrected chi connectivity index (χ0v) is 11.0. The Balaban J connectivity index is 2.71. The van der Waals surface area contributed by atoms with Gasteiger partial charge < -0.3 is 10.4 Å². The van der Waals surface area contributed by atoms with E-state index in [9.17, 15) is 5.11 Å². The quantitative estimate of drug-likeness (QED) is 0.893. The number of hydrogen-bond acceptors (Lipinski definition) is 3. The molecule has 1 aromatic rings. The molecule has 0 saturated carbocycles. The molecule has 2 N–H and O–H groups in total. The fourth-order valence-electron chi connectivity index (χ4n) is 1.43. The number of hydrogen-bond donors (Lipinski definition) is 2. The van der Waals surface area contributed by atoms with Crippen LogP contribution >= 0.6 is 15.9 Å². The number of aryl methyl sites for hydroxylation is 1. The van der Waals surface area contributed by atoms with Gasteiger partial charge in [0.1, 0.15) is 5.75 Å². The van der Waals surface area contributed by atoms with Crippen molar-refractivity contribution in [1.29, 1.82) is 5.26 Å². The number of nitrogens with one attached hydrogen (secondary N) is 1. The summed E-state index contributed by atoms with van der Waals surface area (Å²) in [6.45, 7) is 4.49. The largest absolute Gasteiger partial charge is 0.506 e. The van der Waals surface area contributed by atoms with Gasteiger partial charge in [0.25, 0.3) is 0 Å². The van der Waals surface area contributed by atoms with Crippen LogP contribution in [0.3, 0.4) is 0 Å². The Morgan fingerprint density at radius 3 is 2.88 bits per heavy atom. The molecule has 1 atom stereocenters. The lowest BCUT2D eigenvalue weighted by Gasteiger charge is -2.12. The summed E-state index contributed by atoms with van der Waals surface area (Å²) in [5.41, 5.74) is 1.94. The van der Waals surface area contributed by atoms with Crippen LogP contribution in [-0.2, 0) is 6.54 Å². The van der Waals surface area contributed by atoms with E-state index in [0.29, 0.717) is 17.4 Å². The highest BCUT2D eigenvalue weighted by molar-refractivity contribution is 9.10. The topological polar surface area (TPSA) is 56.0 Å². The third-order valence-electron chi connectivity index (χ3n) is 2.33. The molecule has 0 bridgehead atoms. The molecule has 0 saturated heterocycles. The molecule has 1 rings (SSSR count). The van der Waals surface area contributed by atoms with Crippen LogP contribution in [0, 0.1) is 18.3 Å². The number of phenolic OH excluding ortho intramolecular Hbond substituents is 1. The molecule has 0 aliphatic carbocycles. The SMILES string of the molecule is Cc1cc(Br)c(O)c(CNC(C)CC#N)c1. The highest BCUT2D eigenvalue weighted by atomic mass is 79.9. The summed E-state index contributed by atoms with van der Waals surface area (Å²) in [5.74, 6) is 0.266. The minimum atomic E-state index is 0.128. The predicted octanol–water partition coefficient (Wildman–Crippen LogP) is 2.85. The van der Waals surface area contributed by atoms with Crippen LogP contribution < -0.4 is 5.32 Å². The highest BCUT2D eigenvalue weighted by Crippen LogP contribution is 2.29. The molecule has 1 unspecified atom stereocenters. The van der Waals surface area contributed by atoms with E-state index in [2.05, 4.69) is 27.3 Å². The van der Waals surface area contributed by atoms with E-state index in [1.807, 2.05) is 26.0 Å². The number of benzene rings is 1. The maximum atomic E-state index is 9.81. The van der Waals surface area contributed by atoms with E-state index >= 15 is 0 Å². The molecule has 86 valence electrons. The zero-order chi connectivity index (χ0) is 12.1. The number of nitriles is 1. The minimum absolute atomic E-state index is 0.128. The van der Waals surface area contributed by atoms with Gasteiger partial charge in [-0.15, -0.1) is 0 Å². The second kappa shape index (κ2) is 5.88. The molecule has 0 radical (unpaired) electrons. The van der Waals surface area contributed by atoms with Crippen LogP contribution in [0.4, 0.5) is 0 Å². The number of halogens is 1. The van der Waals surface area contributed by atoms with Crippen molar-refractivity contribution in [3.05, 3.63) is 27.7 Å². The van der Waals surface area contributed by atoms with Crippen LogP contribution in [0.2, 0.25) is 0 Å². The van der Waals surface area contributed by atoms with Gasteiger partial charge in [0.2, 0.25) is 0 Å². The van der Waals surface area contributed by atoms with Crippen molar-refractivity contribution in [3.63, 3.8) is 0 Å². The molecule has 1 aromatic carbocycles. The van der Waals surface area contributed by atoms with E-state index in [1.165, 1.54) is 0 Å². The number of nitrogens with zero attached hydrogens (tertiary/aromatic N) is 1. The van der Waals surface area contributed by atoms with Gasteiger partial charge in [0.15, 0.2) is 0 Å². The molecule has 0 fully saturated rings. The molecule has 16 heavy (non-hydrogen) atoms. The fraction of sp³-hybridized carbons (Fsp3) is 0.417. The van der Waals surface area contributed by atoms with Crippen LogP contribution in [0.1, 0.15) is 24.5 Å². The minimum Gasteiger partial charge on any atom is -0.506 e. The van der Waals surface area contributed by atoms with Gasteiger partial charge in [-0.05, 0) is 41.4 Å². The maximum absolute atomic E-state index is 9.81. The summed E-state index contributed by atoms with van der Waals surface area (Å²) in [5, 5.41) is 21.5. The molecule has 0 aliphatic heterocycles. The summed E-state index contributed by atoms with van der Waals surface area (Å²) in [7, 11) is 0. The van der Waals surface area contributed by atoms with Gasteiger partial charge in [0.05, 0.1) is 17.0 Å². The normalized spacial score (nSPS) is 12.1. The number of phenols is 1. The molecule has 3 nitrogen and oxygen atoms in total. The molecule has 4 heteroatoms. The van der Waals surface area contributed by atoms with Crippen molar-refractivity contribution in [1.82, 2.24) is 5.32 Å². The van der Waals surface area contributed by atoms with Gasteiger partial charge in [-0.2, -0.15) is 5.26 Å². The van der Waals surface area contributed by atoms with Crippen LogP contribution in [0.15, 0.2) is 16.6 Å². The van der Waals surface area contributed by atoms with Crippen molar-refractivity contribution >= 4 is 15.9 Å². The summed E-state index contributed by atoms with van der Waals surface area (Å²) in [4.78, 5) is 0. The van der Waals surface area contributed by atoms with E-state index in [-0.39, 0.29) is 11.8 Å². The first kappa shape index (κ1) is 13.0. The molecule has 0 heterocycles. The standard InChI is InChI=1S/C12H15BrN2O/c1-8-5-10(12(16)11(13)6-8)7-15-9(2)3-4-14/h5-6,9,15-16H,3,7H2,1-2H3. The van der Waals surface area contributed by atoms with Crippen molar-refractivity contribution in [2.75, 3.05) is 0 Å². The lowest BCUT2D eigenvalue weighted by Crippen LogP contribution is -2.24. The first-order valence-corrected chi connectivity index (χ1v) is 5.92. The zero-order valence-electron chi connectivity index (χ0n) is 9.42. The molecular weight excluding hydrogens is 268 g/mol. The lowest BCUT2D eigenvalue weighted by molar-refractivity contribution is 0.456. The smallest absolute Gasteiger partial charge is 0.134 e. The Kier molecular flexibility index (Phi) is 4.78. The molecule has 0 aromatic heterocycles. The van der Waals surface area contributed by atoms with Gasteiger partial charge in [-0.3, -0.25) is 0 Å². The fourth-order valence-corrected chi connectivity index (χ4v) is 2.05. The third-order valence-corrected chi connectivity index (χ3v) is 2.93. The Hall–Kier alpha value is -1.05. The van der Waals surface area contributed by atoms with Gasteiger partial charge in [-0.1, -0.05) is 6.07 Å². The third kappa shape index (κ3) is 3.51. The van der Waals surface area contributed by atoms with E-state index < -0.39 is 0 Å². The van der Waals surface area contributed by atoms with Crippen molar-refractivity contribution in [2.24, 2.45) is 0 Å². The Labute approximate surface area is 104 Å². The predicted molar refractivity (Wildman–Crippen MR) is 67.1 cm³/mol. The highest BCUT2D eigenvalue weighted by Gasteiger charge is 2.08. The van der Waals surface area contributed by atoms with Crippen molar-refractivity contribution in [3.8, 4) is 11.8 Å². The monoisotopic (exact) mass is 282 g/mol. The van der Waals surface area contributed by atoms with Crippen molar-refractivity contribution < 1.29 is 5.11 Å². The van der Waals surface area contributed by atoms with Crippen LogP contribution in [0.5, 0.6) is 5.75 Å². The Morgan fingerprint density at radius 1 is 1.56 bits per heavy atom. The summed E-state index contributed by atoms with van der Waals surface area (Å²) >= 11 is 3.30. The lowest BCUT2D eigenvalue weighted by atomic mass is 10.1. The summed E-state index contributed by atoms with van der Waals surface area (Å²) < 4.78 is 0.706. The van der Waals surface area contributed by atoms with E-state index in [1.54, 1.807) is 0 Å². The van der Waals surface area contributed by atoms with Crippen LogP contribution in [-0.4, -0.2) is 11.1 Å². The second-order valence-electron chi connectivity index (χ2n) is 3.90. The average molecular weight is 283 g/mol.